The molecule has 1 fully saturated rings. The molecule has 0 bridgehead atoms. The maximum absolute atomic E-state index is 13.3. The van der Waals surface area contributed by atoms with Crippen LogP contribution < -0.4 is 5.73 Å². The van der Waals surface area contributed by atoms with Crippen molar-refractivity contribution in [2.24, 2.45) is 5.73 Å². The minimum absolute atomic E-state index is 0. The molecule has 1 aliphatic rings. The number of hydrogen-bond donors (Lipinski definition) is 3. The van der Waals surface area contributed by atoms with Crippen LogP contribution in [0.3, 0.4) is 0 Å². The first-order chi connectivity index (χ1) is 15.2. The number of nitrogens with one attached hydrogen (secondary N) is 1. The Morgan fingerprint density at radius 1 is 1.03 bits per heavy atom. The smallest absolute Gasteiger partial charge is 0.328 e. The van der Waals surface area contributed by atoms with E-state index in [1.165, 1.54) is 4.90 Å². The molecule has 3 aromatic carbocycles. The molecular formula is C24H23ClN4O4. The van der Waals surface area contributed by atoms with Crippen LogP contribution in [0.4, 0.5) is 4.79 Å². The molecule has 0 aliphatic carbocycles. The summed E-state index contributed by atoms with van der Waals surface area (Å²) in [6.07, 6.45) is 0. The highest BCUT2D eigenvalue weighted by molar-refractivity contribution is 6.09. The lowest BCUT2D eigenvalue weighted by Crippen LogP contribution is -2.44. The zero-order chi connectivity index (χ0) is 23.0. The summed E-state index contributed by atoms with van der Waals surface area (Å²) in [5, 5.41) is 18.9. The van der Waals surface area contributed by atoms with Crippen molar-refractivity contribution in [2.75, 3.05) is 6.54 Å². The van der Waals surface area contributed by atoms with E-state index in [4.69, 9.17) is 11.1 Å². The van der Waals surface area contributed by atoms with E-state index in [2.05, 4.69) is 0 Å². The summed E-state index contributed by atoms with van der Waals surface area (Å²) in [4.78, 5) is 40.0. The summed E-state index contributed by atoms with van der Waals surface area (Å²) in [6.45, 7) is 1.02. The third-order valence-electron chi connectivity index (χ3n) is 5.87. The molecule has 8 nitrogen and oxygen atoms in total. The van der Waals surface area contributed by atoms with E-state index in [1.54, 1.807) is 31.2 Å². The van der Waals surface area contributed by atoms with Crippen LogP contribution in [0.25, 0.3) is 10.8 Å². The number of aliphatic carboxylic acids is 1. The van der Waals surface area contributed by atoms with E-state index >= 15 is 0 Å². The number of nitrogens with two attached hydrogens (primary N) is 1. The summed E-state index contributed by atoms with van der Waals surface area (Å²) in [5.74, 6) is -1.99. The number of rotatable bonds is 6. The largest absolute Gasteiger partial charge is 0.480 e. The fraction of sp³-hybridized carbons (Fsp3) is 0.167. The van der Waals surface area contributed by atoms with E-state index in [9.17, 15) is 19.5 Å². The van der Waals surface area contributed by atoms with Crippen LogP contribution in [0.2, 0.25) is 0 Å². The Hall–Kier alpha value is -3.91. The summed E-state index contributed by atoms with van der Waals surface area (Å²) in [7, 11) is 0. The summed E-state index contributed by atoms with van der Waals surface area (Å²) >= 11 is 0. The standard InChI is InChI=1S/C24H22N4O4.ClH/c1-24(19-10-8-17(9-11-19)21(25)26)22(31)27(14-20(29)30)23(32)28(24)13-15-6-7-16-4-2-3-5-18(16)12-15;/h2-12H,13-14H2,1H3,(H3,25,26)(H,29,30);1H/t24-;/m0./s1. The number of hydrogen-bond acceptors (Lipinski definition) is 4. The minimum atomic E-state index is -1.41. The van der Waals surface area contributed by atoms with Gasteiger partial charge in [0.25, 0.3) is 5.91 Å². The Balaban J connectivity index is 0.00000306. The molecule has 0 aromatic heterocycles. The lowest BCUT2D eigenvalue weighted by molar-refractivity contribution is -0.143. The lowest BCUT2D eigenvalue weighted by Gasteiger charge is -2.32. The van der Waals surface area contributed by atoms with Gasteiger partial charge in [-0.25, -0.2) is 4.79 Å². The number of nitrogen functional groups attached to an aromatic ring is 1. The Labute approximate surface area is 196 Å². The molecule has 0 spiro atoms. The summed E-state index contributed by atoms with van der Waals surface area (Å²) in [6, 6.07) is 19.4. The third-order valence-corrected chi connectivity index (χ3v) is 5.87. The number of fused-ring (bicyclic) bond motifs is 1. The van der Waals surface area contributed by atoms with Crippen molar-refractivity contribution in [2.45, 2.75) is 19.0 Å². The average molecular weight is 467 g/mol. The predicted octanol–water partition coefficient (Wildman–Crippen LogP) is 3.31. The van der Waals surface area contributed by atoms with Crippen LogP contribution in [0.5, 0.6) is 0 Å². The van der Waals surface area contributed by atoms with E-state index in [0.29, 0.717) is 11.1 Å². The minimum Gasteiger partial charge on any atom is -0.480 e. The van der Waals surface area contributed by atoms with E-state index in [0.717, 1.165) is 21.2 Å². The highest BCUT2D eigenvalue weighted by Crippen LogP contribution is 2.38. The highest BCUT2D eigenvalue weighted by atomic mass is 35.5. The second kappa shape index (κ2) is 8.91. The second-order valence-electron chi connectivity index (χ2n) is 7.90. The molecular weight excluding hydrogens is 444 g/mol. The van der Waals surface area contributed by atoms with Crippen LogP contribution >= 0.6 is 12.4 Å². The van der Waals surface area contributed by atoms with E-state index < -0.39 is 30.0 Å². The topological polar surface area (TPSA) is 128 Å². The maximum Gasteiger partial charge on any atom is 0.328 e. The van der Waals surface area contributed by atoms with Crippen LogP contribution in [0.1, 0.15) is 23.6 Å². The van der Waals surface area contributed by atoms with Gasteiger partial charge in [0.05, 0.1) is 0 Å². The number of benzene rings is 3. The number of halogens is 1. The molecule has 9 heteroatoms. The molecule has 170 valence electrons. The van der Waals surface area contributed by atoms with Gasteiger partial charge in [0.2, 0.25) is 0 Å². The lowest BCUT2D eigenvalue weighted by atomic mass is 9.89. The van der Waals surface area contributed by atoms with Crippen LogP contribution in [-0.4, -0.2) is 45.2 Å². The van der Waals surface area contributed by atoms with E-state index in [1.807, 2.05) is 42.5 Å². The van der Waals surface area contributed by atoms with Crippen molar-refractivity contribution < 1.29 is 19.5 Å². The third kappa shape index (κ3) is 4.12. The number of imide groups is 1. The van der Waals surface area contributed by atoms with Gasteiger partial charge in [-0.1, -0.05) is 60.7 Å². The van der Waals surface area contributed by atoms with Crippen molar-refractivity contribution >= 4 is 46.9 Å². The molecule has 0 unspecified atom stereocenters. The van der Waals surface area contributed by atoms with Gasteiger partial charge < -0.3 is 15.7 Å². The SMILES string of the molecule is C[C@]1(c2ccc(C(=N)N)cc2)C(=O)N(CC(=O)O)C(=O)N1Cc1ccc2ccccc2c1.Cl. The molecule has 4 rings (SSSR count). The van der Waals surface area contributed by atoms with Gasteiger partial charge in [-0.15, -0.1) is 12.4 Å². The number of carboxylic acid groups (broad SMARTS) is 1. The van der Waals surface area contributed by atoms with E-state index in [-0.39, 0.29) is 24.8 Å². The number of amidine groups is 1. The summed E-state index contributed by atoms with van der Waals surface area (Å²) < 4.78 is 0. The Morgan fingerprint density at radius 2 is 1.67 bits per heavy atom. The number of carbonyl (C=O) groups excluding carboxylic acids is 2. The fourth-order valence-corrected chi connectivity index (χ4v) is 4.08. The molecule has 1 saturated heterocycles. The molecule has 3 amide bonds. The predicted molar refractivity (Wildman–Crippen MR) is 126 cm³/mol. The van der Waals surface area contributed by atoms with Crippen LogP contribution in [0, 0.1) is 5.41 Å². The highest BCUT2D eigenvalue weighted by Gasteiger charge is 2.55. The Kier molecular flexibility index (Phi) is 6.41. The molecule has 3 aromatic rings. The van der Waals surface area contributed by atoms with Crippen LogP contribution in [-0.2, 0) is 21.7 Å². The molecule has 33 heavy (non-hydrogen) atoms. The van der Waals surface area contributed by atoms with Gasteiger partial charge in [0.15, 0.2) is 0 Å². The first kappa shape index (κ1) is 23.7. The normalized spacial score (nSPS) is 17.8. The van der Waals surface area contributed by atoms with Gasteiger partial charge in [-0.3, -0.25) is 19.9 Å². The molecule has 1 aliphatic heterocycles. The van der Waals surface area contributed by atoms with Crippen molar-refractivity contribution in [1.82, 2.24) is 9.80 Å². The number of urea groups is 1. The molecule has 1 heterocycles. The number of carbonyl (C=O) groups is 3. The quantitative estimate of drug-likeness (QED) is 0.291. The van der Waals surface area contributed by atoms with Gasteiger partial charge in [0, 0.05) is 12.1 Å². The average Bonchev–Trinajstić information content (AvgIpc) is 2.95. The first-order valence-corrected chi connectivity index (χ1v) is 10.00. The second-order valence-corrected chi connectivity index (χ2v) is 7.90. The molecule has 0 radical (unpaired) electrons. The summed E-state index contributed by atoms with van der Waals surface area (Å²) in [5.41, 5.74) is 5.93. The van der Waals surface area contributed by atoms with Crippen molar-refractivity contribution in [1.29, 1.82) is 5.41 Å². The molecule has 4 N–H and O–H groups in total. The molecule has 1 atom stereocenters. The van der Waals surface area contributed by atoms with Crippen molar-refractivity contribution in [3.63, 3.8) is 0 Å². The number of amides is 3. The van der Waals surface area contributed by atoms with Crippen LogP contribution in [0.15, 0.2) is 66.7 Å². The Morgan fingerprint density at radius 3 is 2.27 bits per heavy atom. The first-order valence-electron chi connectivity index (χ1n) is 10.00. The molecule has 0 saturated carbocycles. The Bertz CT molecular complexity index is 1260. The zero-order valence-electron chi connectivity index (χ0n) is 17.8. The fourth-order valence-electron chi connectivity index (χ4n) is 4.08. The van der Waals surface area contributed by atoms with Gasteiger partial charge in [-0.05, 0) is 34.9 Å². The monoisotopic (exact) mass is 466 g/mol. The van der Waals surface area contributed by atoms with Crippen molar-refractivity contribution in [3.8, 4) is 0 Å². The van der Waals surface area contributed by atoms with Crippen molar-refractivity contribution in [3.05, 3.63) is 83.4 Å². The van der Waals surface area contributed by atoms with Gasteiger partial charge in [-0.2, -0.15) is 0 Å². The maximum atomic E-state index is 13.3. The van der Waals surface area contributed by atoms with Gasteiger partial charge >= 0.3 is 12.0 Å². The number of carboxylic acids is 1. The number of nitrogens with zero attached hydrogens (tertiary/aromatic N) is 2. The van der Waals surface area contributed by atoms with Gasteiger partial charge in [0.1, 0.15) is 17.9 Å². The zero-order valence-corrected chi connectivity index (χ0v) is 18.6.